The highest BCUT2D eigenvalue weighted by molar-refractivity contribution is 5.30. The Morgan fingerprint density at radius 1 is 1.16 bits per heavy atom. The van der Waals surface area contributed by atoms with Crippen molar-refractivity contribution in [1.29, 1.82) is 0 Å². The van der Waals surface area contributed by atoms with Gasteiger partial charge in [0.05, 0.1) is 11.7 Å². The van der Waals surface area contributed by atoms with Crippen LogP contribution in [0.3, 0.4) is 0 Å². The minimum atomic E-state index is -0.736. The van der Waals surface area contributed by atoms with E-state index in [1.54, 1.807) is 0 Å². The molecule has 0 aliphatic heterocycles. The summed E-state index contributed by atoms with van der Waals surface area (Å²) in [5.74, 6) is 0.886. The highest BCUT2D eigenvalue weighted by Gasteiger charge is 2.23. The molecule has 1 aromatic rings. The Balaban J connectivity index is 2.74. The molecule has 0 spiro atoms. The summed E-state index contributed by atoms with van der Waals surface area (Å²) in [6.07, 6.45) is 0.175. The van der Waals surface area contributed by atoms with Gasteiger partial charge in [-0.05, 0) is 59.2 Å². The SMILES string of the molecule is CC(C)Oc1cccc(C(C)NC(C)C(C)(C)O)c1. The van der Waals surface area contributed by atoms with Crippen molar-refractivity contribution in [3.8, 4) is 5.75 Å². The van der Waals surface area contributed by atoms with Crippen LogP contribution in [0, 0.1) is 0 Å². The maximum Gasteiger partial charge on any atom is 0.120 e. The Hall–Kier alpha value is -1.06. The molecule has 0 amide bonds. The van der Waals surface area contributed by atoms with Gasteiger partial charge in [0.15, 0.2) is 0 Å². The minimum absolute atomic E-state index is 0.0113. The standard InChI is InChI=1S/C16H27NO2/c1-11(2)19-15-9-7-8-14(10-15)12(3)17-13(4)16(5,6)18/h7-13,17-18H,1-6H3. The molecule has 3 heteroatoms. The third-order valence-corrected chi connectivity index (χ3v) is 3.29. The van der Waals surface area contributed by atoms with Gasteiger partial charge < -0.3 is 15.2 Å². The van der Waals surface area contributed by atoms with Crippen LogP contribution in [0.25, 0.3) is 0 Å². The van der Waals surface area contributed by atoms with Crippen LogP contribution in [-0.4, -0.2) is 22.9 Å². The number of ether oxygens (including phenoxy) is 1. The van der Waals surface area contributed by atoms with E-state index in [2.05, 4.69) is 24.4 Å². The fraction of sp³-hybridized carbons (Fsp3) is 0.625. The zero-order valence-electron chi connectivity index (χ0n) is 12.9. The highest BCUT2D eigenvalue weighted by atomic mass is 16.5. The molecule has 108 valence electrons. The second kappa shape index (κ2) is 6.40. The van der Waals surface area contributed by atoms with E-state index < -0.39 is 5.60 Å². The first-order valence-corrected chi connectivity index (χ1v) is 6.95. The second-order valence-corrected chi connectivity index (χ2v) is 6.00. The number of nitrogens with one attached hydrogen (secondary N) is 1. The van der Waals surface area contributed by atoms with Crippen molar-refractivity contribution in [2.24, 2.45) is 0 Å². The largest absolute Gasteiger partial charge is 0.491 e. The van der Waals surface area contributed by atoms with Gasteiger partial charge in [0.2, 0.25) is 0 Å². The predicted octanol–water partition coefficient (Wildman–Crippen LogP) is 3.28. The number of hydrogen-bond acceptors (Lipinski definition) is 3. The van der Waals surface area contributed by atoms with Crippen LogP contribution < -0.4 is 10.1 Å². The molecule has 0 aromatic heterocycles. The molecule has 0 heterocycles. The Bertz CT molecular complexity index is 396. The van der Waals surface area contributed by atoms with Crippen molar-refractivity contribution in [2.45, 2.75) is 65.3 Å². The van der Waals surface area contributed by atoms with Crippen molar-refractivity contribution in [1.82, 2.24) is 5.32 Å². The first kappa shape index (κ1) is 16.0. The van der Waals surface area contributed by atoms with Crippen molar-refractivity contribution >= 4 is 0 Å². The summed E-state index contributed by atoms with van der Waals surface area (Å²) in [6.45, 7) is 11.8. The zero-order chi connectivity index (χ0) is 14.6. The van der Waals surface area contributed by atoms with E-state index >= 15 is 0 Å². The first-order valence-electron chi connectivity index (χ1n) is 6.95. The van der Waals surface area contributed by atoms with Crippen LogP contribution in [0.4, 0.5) is 0 Å². The summed E-state index contributed by atoms with van der Waals surface area (Å²) in [6, 6.07) is 8.26. The Morgan fingerprint density at radius 3 is 2.32 bits per heavy atom. The molecule has 0 radical (unpaired) electrons. The topological polar surface area (TPSA) is 41.5 Å². The van der Waals surface area contributed by atoms with Gasteiger partial charge in [-0.15, -0.1) is 0 Å². The lowest BCUT2D eigenvalue weighted by atomic mass is 9.98. The summed E-state index contributed by atoms with van der Waals surface area (Å²) >= 11 is 0. The van der Waals surface area contributed by atoms with Crippen LogP contribution in [0.5, 0.6) is 5.75 Å². The fourth-order valence-electron chi connectivity index (χ4n) is 1.80. The fourth-order valence-corrected chi connectivity index (χ4v) is 1.80. The average molecular weight is 265 g/mol. The average Bonchev–Trinajstić information content (AvgIpc) is 2.27. The van der Waals surface area contributed by atoms with Gasteiger partial charge in [-0.1, -0.05) is 12.1 Å². The summed E-state index contributed by atoms with van der Waals surface area (Å²) in [5.41, 5.74) is 0.426. The summed E-state index contributed by atoms with van der Waals surface area (Å²) in [4.78, 5) is 0. The summed E-state index contributed by atoms with van der Waals surface area (Å²) < 4.78 is 5.70. The number of hydrogen-bond donors (Lipinski definition) is 2. The molecule has 19 heavy (non-hydrogen) atoms. The van der Waals surface area contributed by atoms with E-state index in [-0.39, 0.29) is 18.2 Å². The first-order chi connectivity index (χ1) is 8.70. The normalized spacial score (nSPS) is 15.4. The molecule has 2 N–H and O–H groups in total. The monoisotopic (exact) mass is 265 g/mol. The highest BCUT2D eigenvalue weighted by Crippen LogP contribution is 2.21. The molecule has 2 atom stereocenters. The maximum absolute atomic E-state index is 9.97. The lowest BCUT2D eigenvalue weighted by molar-refractivity contribution is 0.0405. The van der Waals surface area contributed by atoms with E-state index in [9.17, 15) is 5.11 Å². The minimum Gasteiger partial charge on any atom is -0.491 e. The molecule has 3 nitrogen and oxygen atoms in total. The van der Waals surface area contributed by atoms with Gasteiger partial charge in [-0.25, -0.2) is 0 Å². The third kappa shape index (κ3) is 5.21. The predicted molar refractivity (Wildman–Crippen MR) is 79.5 cm³/mol. The quantitative estimate of drug-likeness (QED) is 0.829. The van der Waals surface area contributed by atoms with Gasteiger partial charge in [-0.3, -0.25) is 0 Å². The molecule has 0 saturated carbocycles. The number of rotatable bonds is 6. The summed E-state index contributed by atoms with van der Waals surface area (Å²) in [5, 5.41) is 13.4. The van der Waals surface area contributed by atoms with Gasteiger partial charge in [0.25, 0.3) is 0 Å². The molecule has 0 saturated heterocycles. The summed E-state index contributed by atoms with van der Waals surface area (Å²) in [7, 11) is 0. The van der Waals surface area contributed by atoms with E-state index in [0.717, 1.165) is 11.3 Å². The maximum atomic E-state index is 9.97. The number of benzene rings is 1. The van der Waals surface area contributed by atoms with Crippen LogP contribution in [0.2, 0.25) is 0 Å². The Kier molecular flexibility index (Phi) is 5.39. The second-order valence-electron chi connectivity index (χ2n) is 6.00. The third-order valence-electron chi connectivity index (χ3n) is 3.29. The van der Waals surface area contributed by atoms with Crippen LogP contribution >= 0.6 is 0 Å². The van der Waals surface area contributed by atoms with Crippen LogP contribution in [0.15, 0.2) is 24.3 Å². The van der Waals surface area contributed by atoms with E-state index in [1.165, 1.54) is 0 Å². The van der Waals surface area contributed by atoms with E-state index in [4.69, 9.17) is 4.74 Å². The molecule has 0 fully saturated rings. The van der Waals surface area contributed by atoms with Gasteiger partial charge in [0, 0.05) is 12.1 Å². The molecular formula is C16H27NO2. The number of aliphatic hydroxyl groups is 1. The van der Waals surface area contributed by atoms with Gasteiger partial charge in [0.1, 0.15) is 5.75 Å². The van der Waals surface area contributed by atoms with Crippen molar-refractivity contribution < 1.29 is 9.84 Å². The molecule has 1 aromatic carbocycles. The molecule has 0 aliphatic rings. The van der Waals surface area contributed by atoms with E-state index in [0.29, 0.717) is 0 Å². The Morgan fingerprint density at radius 2 is 1.79 bits per heavy atom. The molecule has 2 unspecified atom stereocenters. The van der Waals surface area contributed by atoms with Gasteiger partial charge >= 0.3 is 0 Å². The molecule has 1 rings (SSSR count). The van der Waals surface area contributed by atoms with Crippen molar-refractivity contribution in [2.75, 3.05) is 0 Å². The van der Waals surface area contributed by atoms with Gasteiger partial charge in [-0.2, -0.15) is 0 Å². The zero-order valence-corrected chi connectivity index (χ0v) is 12.9. The Labute approximate surface area is 117 Å². The molecule has 0 aliphatic carbocycles. The van der Waals surface area contributed by atoms with Crippen molar-refractivity contribution in [3.63, 3.8) is 0 Å². The van der Waals surface area contributed by atoms with E-state index in [1.807, 2.05) is 46.8 Å². The smallest absolute Gasteiger partial charge is 0.120 e. The van der Waals surface area contributed by atoms with Crippen LogP contribution in [0.1, 0.15) is 53.1 Å². The molecular weight excluding hydrogens is 238 g/mol. The molecule has 0 bridgehead atoms. The lowest BCUT2D eigenvalue weighted by Gasteiger charge is -2.30. The lowest BCUT2D eigenvalue weighted by Crippen LogP contribution is -2.45. The van der Waals surface area contributed by atoms with Crippen molar-refractivity contribution in [3.05, 3.63) is 29.8 Å². The van der Waals surface area contributed by atoms with Crippen LogP contribution in [-0.2, 0) is 0 Å².